The first-order valence-electron chi connectivity index (χ1n) is 28.0. The van der Waals surface area contributed by atoms with Crippen molar-refractivity contribution in [3.8, 4) is 90.4 Å². The van der Waals surface area contributed by atoms with Crippen LogP contribution in [0.1, 0.15) is 27.0 Å². The molecular weight excluding hydrogens is 1080 g/mol. The Bertz CT molecular complexity index is 4460. The van der Waals surface area contributed by atoms with Gasteiger partial charge in [-0.05, 0) is 75.3 Å². The fourth-order valence-corrected chi connectivity index (χ4v) is 10.6. The molecule has 3 aromatic heterocycles. The lowest BCUT2D eigenvalue weighted by Crippen LogP contribution is -1.98. The van der Waals surface area contributed by atoms with Crippen LogP contribution in [-0.2, 0) is 0 Å². The third-order valence-corrected chi connectivity index (χ3v) is 14.7. The molecule has 412 valence electrons. The topological polar surface area (TPSA) is 112 Å². The maximum atomic E-state index is 12.9. The highest BCUT2D eigenvalue weighted by molar-refractivity contribution is 7.02. The first-order valence-corrected chi connectivity index (χ1v) is 28.8. The predicted molar refractivity (Wildman–Crippen MR) is 347 cm³/mol. The number of aromatic nitrogens is 3. The summed E-state index contributed by atoms with van der Waals surface area (Å²) in [7, 11) is 0. The van der Waals surface area contributed by atoms with Crippen LogP contribution < -0.4 is 4.94 Å². The molecule has 0 bridgehead atoms. The van der Waals surface area contributed by atoms with E-state index in [1.54, 1.807) is 0 Å². The van der Waals surface area contributed by atoms with Crippen LogP contribution in [0.4, 0.5) is 0 Å². The highest BCUT2D eigenvalue weighted by atomic mass is 32.1. The van der Waals surface area contributed by atoms with Crippen molar-refractivity contribution in [2.24, 2.45) is 0 Å². The van der Waals surface area contributed by atoms with Crippen LogP contribution in [0.25, 0.3) is 102 Å². The first kappa shape index (κ1) is 55.2. The zero-order chi connectivity index (χ0) is 58.3. The summed E-state index contributed by atoms with van der Waals surface area (Å²) in [5, 5.41) is 8.28. The zero-order valence-electron chi connectivity index (χ0n) is 46.4. The van der Waals surface area contributed by atoms with Crippen molar-refractivity contribution in [3.05, 3.63) is 354 Å². The molecule has 0 saturated heterocycles. The van der Waals surface area contributed by atoms with E-state index in [9.17, 15) is 9.59 Å². The summed E-state index contributed by atoms with van der Waals surface area (Å²) >= 11 is 0.827. The minimum absolute atomic E-state index is 0.112. The zero-order valence-corrected chi connectivity index (χ0v) is 47.2. The molecular formula is C77H53N3O5S. The minimum Gasteiger partial charge on any atom is -0.455 e. The molecule has 0 atom stereocenters. The molecule has 0 N–H and O–H groups in total. The van der Waals surface area contributed by atoms with Crippen LogP contribution in [0.15, 0.2) is 340 Å². The van der Waals surface area contributed by atoms with Crippen LogP contribution in [-0.4, -0.2) is 20.4 Å². The second-order valence-electron chi connectivity index (χ2n) is 19.8. The normalized spacial score (nSPS) is 11.3. The highest BCUT2D eigenvalue weighted by Crippen LogP contribution is 2.48. The quantitative estimate of drug-likeness (QED) is 0.133. The monoisotopic (exact) mass is 1130 g/mol. The molecule has 86 heavy (non-hydrogen) atoms. The lowest BCUT2D eigenvalue weighted by molar-refractivity contribution is 0.105. The van der Waals surface area contributed by atoms with Gasteiger partial charge in [0.1, 0.15) is 11.5 Å². The average molecular weight is 1130 g/mol. The summed E-state index contributed by atoms with van der Waals surface area (Å²) in [4.78, 5) is 23.2. The molecule has 3 heterocycles. The standard InChI is InChI=1S/C28H20O.C21H14O.C20H14N2O.C8H5NO2S/c1-5-13-21(14-6-1)25-26(22-15-7-2-8-16-22)28(24-19-11-4-12-20-24)29-27(25)23-17-9-3-10-18-23;22-21-18-14-8-7-13-17(18)19(15-9-3-1-4-10-15)20(21)16-11-5-2-6-12-16;1-3-7-15(8-4-1)16-11-13-18(14-12-16)20-22-21-19(23-20)17-9-5-2-6-10-17;10-8-11-7(9-12-8)6-4-2-1-3-5-6/h1-20H;1-14H;1-14H;1-5H. The summed E-state index contributed by atoms with van der Waals surface area (Å²) in [6.07, 6.45) is 0. The van der Waals surface area contributed by atoms with Crippen molar-refractivity contribution in [3.63, 3.8) is 0 Å². The van der Waals surface area contributed by atoms with Crippen molar-refractivity contribution in [1.82, 2.24) is 14.6 Å². The Morgan fingerprint density at radius 3 is 0.953 bits per heavy atom. The lowest BCUT2D eigenvalue weighted by Gasteiger charge is -2.08. The van der Waals surface area contributed by atoms with E-state index in [2.05, 4.69) is 148 Å². The fourth-order valence-electron chi connectivity index (χ4n) is 10.2. The molecule has 0 amide bonds. The second-order valence-corrected chi connectivity index (χ2v) is 20.5. The van der Waals surface area contributed by atoms with Gasteiger partial charge in [0.05, 0.1) is 11.5 Å². The smallest absolute Gasteiger partial charge is 0.414 e. The molecule has 9 heteroatoms. The fraction of sp³-hybridized carbons (Fsp3) is 0. The number of rotatable bonds is 10. The van der Waals surface area contributed by atoms with E-state index in [0.29, 0.717) is 17.7 Å². The van der Waals surface area contributed by atoms with E-state index < -0.39 is 0 Å². The van der Waals surface area contributed by atoms with Gasteiger partial charge in [-0.25, -0.2) is 4.79 Å². The summed E-state index contributed by atoms with van der Waals surface area (Å²) in [5.41, 5.74) is 17.4. The van der Waals surface area contributed by atoms with Crippen LogP contribution in [0.5, 0.6) is 0 Å². The second kappa shape index (κ2) is 26.7. The van der Waals surface area contributed by atoms with E-state index in [0.717, 1.165) is 112 Å². The molecule has 0 saturated carbocycles. The summed E-state index contributed by atoms with van der Waals surface area (Å²) < 4.78 is 21.1. The number of fused-ring (bicyclic) bond motifs is 1. The number of furan rings is 1. The molecule has 0 spiro atoms. The molecule has 8 nitrogen and oxygen atoms in total. The van der Waals surface area contributed by atoms with Gasteiger partial charge >= 0.3 is 4.94 Å². The maximum Gasteiger partial charge on any atom is 0.414 e. The molecule has 0 aliphatic heterocycles. The Morgan fingerprint density at radius 1 is 0.244 bits per heavy atom. The largest absolute Gasteiger partial charge is 0.455 e. The number of ketones is 1. The Balaban J connectivity index is 0.000000116. The maximum absolute atomic E-state index is 12.9. The number of nitrogens with zero attached hydrogens (tertiary/aromatic N) is 3. The van der Waals surface area contributed by atoms with Gasteiger partial charge in [-0.2, -0.15) is 0 Å². The number of Topliss-reactive ketones (excluding diaryl/α,β-unsaturated/α-hetero) is 1. The molecule has 14 aromatic rings. The Labute approximate surface area is 502 Å². The van der Waals surface area contributed by atoms with E-state index >= 15 is 0 Å². The third-order valence-electron chi connectivity index (χ3n) is 14.2. The van der Waals surface area contributed by atoms with Crippen LogP contribution in [0.3, 0.4) is 0 Å². The van der Waals surface area contributed by atoms with Crippen molar-refractivity contribution < 1.29 is 18.0 Å². The molecule has 1 aliphatic rings. The minimum atomic E-state index is -0.367. The van der Waals surface area contributed by atoms with Crippen molar-refractivity contribution >= 4 is 28.5 Å². The summed E-state index contributed by atoms with van der Waals surface area (Å²) in [6, 6.07) is 107. The molecule has 0 fully saturated rings. The number of carbonyl (C=O) groups excluding carboxylic acids is 1. The number of benzene rings is 11. The molecule has 0 radical (unpaired) electrons. The van der Waals surface area contributed by atoms with E-state index in [1.165, 1.54) is 5.56 Å². The number of carbonyl (C=O) groups is 1. The van der Waals surface area contributed by atoms with E-state index in [1.807, 2.05) is 188 Å². The highest BCUT2D eigenvalue weighted by Gasteiger charge is 2.31. The van der Waals surface area contributed by atoms with Crippen molar-refractivity contribution in [1.29, 1.82) is 0 Å². The van der Waals surface area contributed by atoms with Crippen molar-refractivity contribution in [2.75, 3.05) is 0 Å². The van der Waals surface area contributed by atoms with E-state index in [-0.39, 0.29) is 10.7 Å². The Morgan fingerprint density at radius 2 is 0.547 bits per heavy atom. The van der Waals surface area contributed by atoms with Gasteiger partial charge in [0.2, 0.25) is 17.7 Å². The number of hydrogen-bond donors (Lipinski definition) is 0. The molecule has 0 unspecified atom stereocenters. The molecule has 1 aliphatic carbocycles. The average Bonchev–Trinajstić information content (AvgIpc) is 2.25. The van der Waals surface area contributed by atoms with Gasteiger partial charge in [0.25, 0.3) is 0 Å². The molecule has 15 rings (SSSR count). The van der Waals surface area contributed by atoms with Gasteiger partial charge in [0.15, 0.2) is 5.78 Å². The van der Waals surface area contributed by atoms with Gasteiger partial charge < -0.3 is 13.3 Å². The van der Waals surface area contributed by atoms with Gasteiger partial charge in [-0.3, -0.25) is 4.79 Å². The first-order chi connectivity index (χ1) is 42.5. The summed E-state index contributed by atoms with van der Waals surface area (Å²) in [5.74, 6) is 3.37. The predicted octanol–water partition coefficient (Wildman–Crippen LogP) is 19.6. The Hall–Kier alpha value is -11.4. The van der Waals surface area contributed by atoms with Crippen LogP contribution in [0, 0.1) is 0 Å². The number of allylic oxidation sites excluding steroid dienone is 1. The Kier molecular flexibility index (Phi) is 17.1. The third kappa shape index (κ3) is 12.6. The van der Waals surface area contributed by atoms with Crippen LogP contribution in [0.2, 0.25) is 0 Å². The SMILES string of the molecule is O=C1C(c2ccccc2)=C(c2ccccc2)c2ccccc21.O=c1oc(-c2ccccc2)ns1.c1ccc(-c2ccc(-c3nnc(-c4ccccc4)o3)cc2)cc1.c1ccc(-c2oc(-c3ccccc3)c(-c3ccccc3)c2-c2ccccc2)cc1. The summed E-state index contributed by atoms with van der Waals surface area (Å²) in [6.45, 7) is 0. The van der Waals surface area contributed by atoms with E-state index in [4.69, 9.17) is 13.3 Å². The number of hydrogen-bond acceptors (Lipinski definition) is 9. The van der Waals surface area contributed by atoms with Crippen molar-refractivity contribution in [2.45, 2.75) is 0 Å². The van der Waals surface area contributed by atoms with Gasteiger partial charge in [-0.15, -0.1) is 14.6 Å². The molecule has 11 aromatic carbocycles. The lowest BCUT2D eigenvalue weighted by atomic mass is 9.91. The van der Waals surface area contributed by atoms with Crippen LogP contribution >= 0.6 is 11.5 Å². The van der Waals surface area contributed by atoms with Gasteiger partial charge in [-0.1, -0.05) is 285 Å². The van der Waals surface area contributed by atoms with Gasteiger partial charge in [0, 0.05) is 55.7 Å².